The zero-order valence-electron chi connectivity index (χ0n) is 10.3. The lowest BCUT2D eigenvalue weighted by Crippen LogP contribution is -2.55. The van der Waals surface area contributed by atoms with E-state index in [2.05, 4.69) is 0 Å². The Labute approximate surface area is 109 Å². The molecule has 0 bridgehead atoms. The highest BCUT2D eigenvalue weighted by atomic mass is 35.5. The molecule has 0 aliphatic rings. The van der Waals surface area contributed by atoms with Gasteiger partial charge in [0.25, 0.3) is 0 Å². The van der Waals surface area contributed by atoms with Crippen molar-refractivity contribution in [1.29, 1.82) is 0 Å². The molecule has 1 aromatic rings. The van der Waals surface area contributed by atoms with E-state index >= 15 is 0 Å². The fraction of sp³-hybridized carbons (Fsp3) is 0.500. The molecule has 1 aromatic carbocycles. The van der Waals surface area contributed by atoms with Crippen molar-refractivity contribution in [2.75, 3.05) is 26.7 Å². The molecular weight excluding hydrogens is 256 g/mol. The summed E-state index contributed by atoms with van der Waals surface area (Å²) in [7, 11) is 0.546. The van der Waals surface area contributed by atoms with Gasteiger partial charge >= 0.3 is 8.80 Å². The number of rotatable bonds is 8. The zero-order chi connectivity index (χ0) is 12.6. The zero-order valence-corrected chi connectivity index (χ0v) is 12.1. The highest BCUT2D eigenvalue weighted by molar-refractivity contribution is 6.75. The second kappa shape index (κ2) is 7.84. The van der Waals surface area contributed by atoms with Crippen LogP contribution in [0.25, 0.3) is 0 Å². The molecule has 3 nitrogen and oxygen atoms in total. The fourth-order valence-electron chi connectivity index (χ4n) is 1.57. The van der Waals surface area contributed by atoms with Gasteiger partial charge in [0, 0.05) is 31.9 Å². The number of unbranched alkanes of at least 4 members (excludes halogenated alkanes) is 1. The molecule has 0 spiro atoms. The van der Waals surface area contributed by atoms with E-state index < -0.39 is 8.80 Å². The molecular formula is C12H19ClO3Si. The molecule has 0 radical (unpaired) electrons. The summed E-state index contributed by atoms with van der Waals surface area (Å²) in [5.41, 5.74) is 0. The van der Waals surface area contributed by atoms with Gasteiger partial charge in [-0.05, 0) is 12.8 Å². The summed E-state index contributed by atoms with van der Waals surface area (Å²) < 4.78 is 16.9. The minimum atomic E-state index is -2.71. The lowest BCUT2D eigenvalue weighted by molar-refractivity contribution is 0.112. The summed E-state index contributed by atoms with van der Waals surface area (Å²) in [6, 6.07) is 9.82. The Morgan fingerprint density at radius 1 is 1.06 bits per heavy atom. The fourth-order valence-corrected chi connectivity index (χ4v) is 3.81. The van der Waals surface area contributed by atoms with Gasteiger partial charge in [-0.2, -0.15) is 0 Å². The van der Waals surface area contributed by atoms with Crippen LogP contribution in [0.4, 0.5) is 0 Å². The maximum atomic E-state index is 5.85. The van der Waals surface area contributed by atoms with Gasteiger partial charge in [-0.15, -0.1) is 11.6 Å². The molecule has 0 aliphatic carbocycles. The van der Waals surface area contributed by atoms with Crippen LogP contribution in [-0.2, 0) is 13.3 Å². The number of hydrogen-bond acceptors (Lipinski definition) is 3. The molecule has 0 N–H and O–H groups in total. The predicted octanol–water partition coefficient (Wildman–Crippen LogP) is 2.16. The molecule has 0 atom stereocenters. The maximum absolute atomic E-state index is 5.85. The molecule has 1 rings (SSSR count). The highest BCUT2D eigenvalue weighted by Crippen LogP contribution is 2.09. The van der Waals surface area contributed by atoms with E-state index in [1.165, 1.54) is 0 Å². The van der Waals surface area contributed by atoms with Gasteiger partial charge in [0.15, 0.2) is 0 Å². The Morgan fingerprint density at radius 3 is 2.24 bits per heavy atom. The smallest absolute Gasteiger partial charge is 0.373 e. The van der Waals surface area contributed by atoms with Crippen molar-refractivity contribution in [2.24, 2.45) is 0 Å². The predicted molar refractivity (Wildman–Crippen MR) is 71.8 cm³/mol. The van der Waals surface area contributed by atoms with Crippen molar-refractivity contribution >= 4 is 25.6 Å². The molecule has 0 saturated heterocycles. The van der Waals surface area contributed by atoms with Crippen LogP contribution in [0.3, 0.4) is 0 Å². The number of benzene rings is 1. The summed E-state index contributed by atoms with van der Waals surface area (Å²) in [4.78, 5) is 0. The van der Waals surface area contributed by atoms with Crippen LogP contribution in [0.1, 0.15) is 12.8 Å². The van der Waals surface area contributed by atoms with Crippen LogP contribution in [-0.4, -0.2) is 35.5 Å². The average Bonchev–Trinajstić information content (AvgIpc) is 2.41. The molecule has 96 valence electrons. The van der Waals surface area contributed by atoms with E-state index in [0.717, 1.165) is 18.0 Å². The largest absolute Gasteiger partial charge is 0.536 e. The first-order valence-electron chi connectivity index (χ1n) is 5.65. The first kappa shape index (κ1) is 14.7. The Kier molecular flexibility index (Phi) is 6.77. The quantitative estimate of drug-likeness (QED) is 0.413. The van der Waals surface area contributed by atoms with E-state index in [9.17, 15) is 0 Å². The van der Waals surface area contributed by atoms with E-state index in [-0.39, 0.29) is 0 Å². The SMILES string of the molecule is CO[Si](OC)(OCCCCCl)c1ccccc1. The molecule has 17 heavy (non-hydrogen) atoms. The van der Waals surface area contributed by atoms with E-state index in [1.54, 1.807) is 14.2 Å². The van der Waals surface area contributed by atoms with Gasteiger partial charge in [0.1, 0.15) is 0 Å². The first-order chi connectivity index (χ1) is 8.29. The molecule has 0 amide bonds. The van der Waals surface area contributed by atoms with E-state index in [4.69, 9.17) is 24.9 Å². The van der Waals surface area contributed by atoms with E-state index in [1.807, 2.05) is 30.3 Å². The minimum absolute atomic E-state index is 0.607. The molecule has 0 fully saturated rings. The van der Waals surface area contributed by atoms with Crippen LogP contribution in [0, 0.1) is 0 Å². The maximum Gasteiger partial charge on any atom is 0.536 e. The Morgan fingerprint density at radius 2 is 1.71 bits per heavy atom. The van der Waals surface area contributed by atoms with Crippen molar-refractivity contribution in [3.63, 3.8) is 0 Å². The van der Waals surface area contributed by atoms with Crippen LogP contribution >= 0.6 is 11.6 Å². The Bertz CT molecular complexity index is 304. The lowest BCUT2D eigenvalue weighted by Gasteiger charge is -2.26. The van der Waals surface area contributed by atoms with Crippen LogP contribution in [0.15, 0.2) is 30.3 Å². The topological polar surface area (TPSA) is 27.7 Å². The number of alkyl halides is 1. The van der Waals surface area contributed by atoms with Crippen LogP contribution < -0.4 is 5.19 Å². The Hall–Kier alpha value is -0.393. The molecule has 0 unspecified atom stereocenters. The summed E-state index contributed by atoms with van der Waals surface area (Å²) in [5, 5.41) is 0.982. The third-order valence-corrected chi connectivity index (χ3v) is 5.45. The Balaban J connectivity index is 2.68. The van der Waals surface area contributed by atoms with Gasteiger partial charge < -0.3 is 13.3 Å². The van der Waals surface area contributed by atoms with Crippen molar-refractivity contribution in [2.45, 2.75) is 12.8 Å². The van der Waals surface area contributed by atoms with Crippen molar-refractivity contribution in [3.8, 4) is 0 Å². The summed E-state index contributed by atoms with van der Waals surface area (Å²) in [6.07, 6.45) is 1.85. The van der Waals surface area contributed by atoms with Crippen molar-refractivity contribution in [1.82, 2.24) is 0 Å². The van der Waals surface area contributed by atoms with E-state index in [0.29, 0.717) is 12.5 Å². The molecule has 0 heterocycles. The van der Waals surface area contributed by atoms with Gasteiger partial charge in [-0.1, -0.05) is 30.3 Å². The van der Waals surface area contributed by atoms with Crippen molar-refractivity contribution in [3.05, 3.63) is 30.3 Å². The molecule has 0 aliphatic heterocycles. The van der Waals surface area contributed by atoms with Gasteiger partial charge in [-0.25, -0.2) is 0 Å². The molecule has 5 heteroatoms. The van der Waals surface area contributed by atoms with Gasteiger partial charge in [0.2, 0.25) is 0 Å². The highest BCUT2D eigenvalue weighted by Gasteiger charge is 2.41. The van der Waals surface area contributed by atoms with Gasteiger partial charge in [-0.3, -0.25) is 0 Å². The third kappa shape index (κ3) is 4.08. The average molecular weight is 275 g/mol. The summed E-state index contributed by atoms with van der Waals surface area (Å²) in [6.45, 7) is 0.607. The summed E-state index contributed by atoms with van der Waals surface area (Å²) in [5.74, 6) is 0.656. The molecule has 0 aromatic heterocycles. The number of halogens is 1. The summed E-state index contributed by atoms with van der Waals surface area (Å²) >= 11 is 5.63. The standard InChI is InChI=1S/C12H19ClO3Si/c1-14-17(15-2,16-11-7-6-10-13)12-8-4-3-5-9-12/h3-5,8-9H,6-7,10-11H2,1-2H3. The van der Waals surface area contributed by atoms with Crippen molar-refractivity contribution < 1.29 is 13.3 Å². The van der Waals surface area contributed by atoms with Gasteiger partial charge in [0.05, 0.1) is 0 Å². The minimum Gasteiger partial charge on any atom is -0.373 e. The van der Waals surface area contributed by atoms with Crippen LogP contribution in [0.5, 0.6) is 0 Å². The number of hydrogen-bond donors (Lipinski definition) is 0. The van der Waals surface area contributed by atoms with Crippen LogP contribution in [0.2, 0.25) is 0 Å². The first-order valence-corrected chi connectivity index (χ1v) is 7.90. The monoisotopic (exact) mass is 274 g/mol. The second-order valence-corrected chi connectivity index (χ2v) is 6.75. The lowest BCUT2D eigenvalue weighted by atomic mass is 10.4. The second-order valence-electron chi connectivity index (χ2n) is 3.58. The molecule has 0 saturated carbocycles. The third-order valence-electron chi connectivity index (χ3n) is 2.48. The normalized spacial score (nSPS) is 11.7.